The van der Waals surface area contributed by atoms with Crippen LogP contribution in [0.5, 0.6) is 0 Å². The van der Waals surface area contributed by atoms with E-state index in [1.807, 2.05) is 0 Å². The van der Waals surface area contributed by atoms with E-state index >= 15 is 0 Å². The standard InChI is InChI=1S/C8H16O5/c1-6(10)13-5-8(12)3-2-7(11)4-9/h7-9,11-12H,2-5H2,1H3/t7-,8+/m0/s1. The summed E-state index contributed by atoms with van der Waals surface area (Å²) in [7, 11) is 0. The highest BCUT2D eigenvalue weighted by atomic mass is 16.5. The predicted molar refractivity (Wildman–Crippen MR) is 45.0 cm³/mol. The molecule has 5 nitrogen and oxygen atoms in total. The number of aliphatic hydroxyl groups is 3. The lowest BCUT2D eigenvalue weighted by Crippen LogP contribution is -2.21. The van der Waals surface area contributed by atoms with Crippen LogP contribution >= 0.6 is 0 Å². The molecule has 0 spiro atoms. The Hall–Kier alpha value is -0.650. The Labute approximate surface area is 77.0 Å². The van der Waals surface area contributed by atoms with Crippen LogP contribution in [0, 0.1) is 0 Å². The first-order chi connectivity index (χ1) is 6.06. The lowest BCUT2D eigenvalue weighted by atomic mass is 10.1. The minimum atomic E-state index is -0.813. The second kappa shape index (κ2) is 6.82. The highest BCUT2D eigenvalue weighted by Gasteiger charge is 2.09. The van der Waals surface area contributed by atoms with Crippen molar-refractivity contribution in [3.63, 3.8) is 0 Å². The van der Waals surface area contributed by atoms with Crippen LogP contribution in [0.15, 0.2) is 0 Å². The third kappa shape index (κ3) is 7.70. The maximum Gasteiger partial charge on any atom is 0.302 e. The number of carbonyl (C=O) groups is 1. The molecule has 0 aliphatic rings. The van der Waals surface area contributed by atoms with Gasteiger partial charge >= 0.3 is 5.97 Å². The average Bonchev–Trinajstić information content (AvgIpc) is 2.10. The molecule has 0 unspecified atom stereocenters. The Kier molecular flexibility index (Phi) is 6.48. The van der Waals surface area contributed by atoms with Crippen molar-refractivity contribution in [1.29, 1.82) is 0 Å². The molecule has 0 aliphatic heterocycles. The smallest absolute Gasteiger partial charge is 0.302 e. The van der Waals surface area contributed by atoms with Crippen LogP contribution in [-0.2, 0) is 9.53 Å². The zero-order chi connectivity index (χ0) is 10.3. The van der Waals surface area contributed by atoms with Crippen LogP contribution in [0.3, 0.4) is 0 Å². The number of ether oxygens (including phenoxy) is 1. The molecule has 0 amide bonds. The second-order valence-corrected chi connectivity index (χ2v) is 2.87. The summed E-state index contributed by atoms with van der Waals surface area (Å²) in [6.07, 6.45) is -0.995. The van der Waals surface area contributed by atoms with Gasteiger partial charge in [0.1, 0.15) is 6.61 Å². The molecule has 0 saturated heterocycles. The topological polar surface area (TPSA) is 87.0 Å². The van der Waals surface area contributed by atoms with Gasteiger partial charge in [-0.25, -0.2) is 0 Å². The summed E-state index contributed by atoms with van der Waals surface area (Å²) >= 11 is 0. The zero-order valence-corrected chi connectivity index (χ0v) is 7.64. The summed E-state index contributed by atoms with van der Waals surface area (Å²) in [5, 5.41) is 26.5. The Balaban J connectivity index is 3.39. The van der Waals surface area contributed by atoms with E-state index in [2.05, 4.69) is 4.74 Å². The number of rotatable bonds is 6. The van der Waals surface area contributed by atoms with Gasteiger partial charge in [0.2, 0.25) is 0 Å². The zero-order valence-electron chi connectivity index (χ0n) is 7.64. The number of esters is 1. The van der Waals surface area contributed by atoms with E-state index in [0.717, 1.165) is 0 Å². The summed E-state index contributed by atoms with van der Waals surface area (Å²) in [4.78, 5) is 10.3. The molecule has 78 valence electrons. The van der Waals surface area contributed by atoms with Crippen molar-refractivity contribution in [3.05, 3.63) is 0 Å². The molecule has 2 atom stereocenters. The highest BCUT2D eigenvalue weighted by molar-refractivity contribution is 5.65. The average molecular weight is 192 g/mol. The van der Waals surface area contributed by atoms with Crippen molar-refractivity contribution in [2.45, 2.75) is 32.0 Å². The third-order valence-corrected chi connectivity index (χ3v) is 1.52. The van der Waals surface area contributed by atoms with E-state index in [0.29, 0.717) is 12.8 Å². The van der Waals surface area contributed by atoms with Gasteiger partial charge in [-0.2, -0.15) is 0 Å². The maximum absolute atomic E-state index is 10.3. The van der Waals surface area contributed by atoms with Gasteiger partial charge in [-0.1, -0.05) is 0 Å². The number of aliphatic hydroxyl groups excluding tert-OH is 3. The van der Waals surface area contributed by atoms with Crippen molar-refractivity contribution < 1.29 is 24.9 Å². The van der Waals surface area contributed by atoms with E-state index in [-0.39, 0.29) is 13.2 Å². The number of hydrogen-bond acceptors (Lipinski definition) is 5. The molecule has 0 rings (SSSR count). The largest absolute Gasteiger partial charge is 0.463 e. The van der Waals surface area contributed by atoms with Crippen LogP contribution < -0.4 is 0 Å². The SMILES string of the molecule is CC(=O)OC[C@H](O)CC[C@H](O)CO. The molecule has 0 heterocycles. The van der Waals surface area contributed by atoms with Crippen LogP contribution in [0.2, 0.25) is 0 Å². The fourth-order valence-electron chi connectivity index (χ4n) is 0.773. The van der Waals surface area contributed by atoms with Gasteiger partial charge in [-0.3, -0.25) is 4.79 Å². The van der Waals surface area contributed by atoms with Crippen molar-refractivity contribution in [2.75, 3.05) is 13.2 Å². The van der Waals surface area contributed by atoms with E-state index < -0.39 is 18.2 Å². The minimum absolute atomic E-state index is 0.0620. The fourth-order valence-corrected chi connectivity index (χ4v) is 0.773. The normalized spacial score (nSPS) is 15.1. The molecule has 0 aromatic rings. The number of carbonyl (C=O) groups excluding carboxylic acids is 1. The minimum Gasteiger partial charge on any atom is -0.463 e. The van der Waals surface area contributed by atoms with Crippen molar-refractivity contribution in [2.24, 2.45) is 0 Å². The first kappa shape index (κ1) is 12.3. The monoisotopic (exact) mass is 192 g/mol. The molecular formula is C8H16O5. The molecule has 0 fully saturated rings. The van der Waals surface area contributed by atoms with Gasteiger partial charge in [0.05, 0.1) is 18.8 Å². The van der Waals surface area contributed by atoms with Gasteiger partial charge < -0.3 is 20.1 Å². The molecule has 5 heteroatoms. The second-order valence-electron chi connectivity index (χ2n) is 2.87. The summed E-state index contributed by atoms with van der Waals surface area (Å²) in [6, 6.07) is 0. The third-order valence-electron chi connectivity index (χ3n) is 1.52. The van der Waals surface area contributed by atoms with Crippen molar-refractivity contribution in [1.82, 2.24) is 0 Å². The van der Waals surface area contributed by atoms with Gasteiger partial charge in [-0.05, 0) is 12.8 Å². The Morgan fingerprint density at radius 1 is 1.31 bits per heavy atom. The summed E-state index contributed by atoms with van der Waals surface area (Å²) in [6.45, 7) is 0.878. The van der Waals surface area contributed by atoms with Crippen molar-refractivity contribution >= 4 is 5.97 Å². The van der Waals surface area contributed by atoms with Crippen LogP contribution in [0.4, 0.5) is 0 Å². The highest BCUT2D eigenvalue weighted by Crippen LogP contribution is 2.01. The van der Waals surface area contributed by atoms with Gasteiger partial charge in [0, 0.05) is 6.92 Å². The lowest BCUT2D eigenvalue weighted by Gasteiger charge is -2.12. The summed E-state index contributed by atoms with van der Waals surface area (Å²) in [5.41, 5.74) is 0. The van der Waals surface area contributed by atoms with E-state index in [9.17, 15) is 9.90 Å². The van der Waals surface area contributed by atoms with E-state index in [4.69, 9.17) is 10.2 Å². The van der Waals surface area contributed by atoms with Gasteiger partial charge in [-0.15, -0.1) is 0 Å². The molecular weight excluding hydrogens is 176 g/mol. The van der Waals surface area contributed by atoms with Gasteiger partial charge in [0.25, 0.3) is 0 Å². The van der Waals surface area contributed by atoms with E-state index in [1.54, 1.807) is 0 Å². The molecule has 0 bridgehead atoms. The Bertz CT molecular complexity index is 147. The summed E-state index contributed by atoms with van der Waals surface area (Å²) in [5.74, 6) is -0.443. The molecule has 13 heavy (non-hydrogen) atoms. The van der Waals surface area contributed by atoms with Crippen LogP contribution in [-0.4, -0.2) is 46.7 Å². The molecule has 0 saturated carbocycles. The maximum atomic E-state index is 10.3. The molecule has 0 aliphatic carbocycles. The summed E-state index contributed by atoms with van der Waals surface area (Å²) < 4.78 is 4.54. The Morgan fingerprint density at radius 3 is 2.31 bits per heavy atom. The molecule has 0 aromatic carbocycles. The van der Waals surface area contributed by atoms with Crippen LogP contribution in [0.1, 0.15) is 19.8 Å². The predicted octanol–water partition coefficient (Wildman–Crippen LogP) is -0.956. The fraction of sp³-hybridized carbons (Fsp3) is 0.875. The first-order valence-corrected chi connectivity index (χ1v) is 4.16. The van der Waals surface area contributed by atoms with Crippen LogP contribution in [0.25, 0.3) is 0 Å². The van der Waals surface area contributed by atoms with Gasteiger partial charge in [0.15, 0.2) is 0 Å². The molecule has 3 N–H and O–H groups in total. The molecule has 0 aromatic heterocycles. The molecule has 0 radical (unpaired) electrons. The Morgan fingerprint density at radius 2 is 1.85 bits per heavy atom. The quantitative estimate of drug-likeness (QED) is 0.472. The van der Waals surface area contributed by atoms with E-state index in [1.165, 1.54) is 6.92 Å². The number of hydrogen-bond donors (Lipinski definition) is 3. The lowest BCUT2D eigenvalue weighted by molar-refractivity contribution is -0.144. The van der Waals surface area contributed by atoms with Crippen molar-refractivity contribution in [3.8, 4) is 0 Å². The first-order valence-electron chi connectivity index (χ1n) is 4.16.